The Balaban J connectivity index is 2.59. The first-order valence-corrected chi connectivity index (χ1v) is 4.52. The van der Waals surface area contributed by atoms with Crippen LogP contribution in [0, 0.1) is 6.92 Å². The Morgan fingerprint density at radius 1 is 1.07 bits per heavy atom. The van der Waals surface area contributed by atoms with E-state index in [-0.39, 0.29) is 5.56 Å². The van der Waals surface area contributed by atoms with Crippen LogP contribution >= 0.6 is 0 Å². The van der Waals surface area contributed by atoms with Crippen LogP contribution in [0.2, 0.25) is 0 Å². The van der Waals surface area contributed by atoms with E-state index in [0.717, 1.165) is 11.3 Å². The number of hydrogen-bond acceptors (Lipinski definition) is 1. The SMILES string of the molecule is Cc1ccn(-c2ccccc2)c(=O)c1. The van der Waals surface area contributed by atoms with Crippen molar-refractivity contribution in [2.75, 3.05) is 0 Å². The zero-order chi connectivity index (χ0) is 9.97. The van der Waals surface area contributed by atoms with Crippen molar-refractivity contribution in [3.05, 3.63) is 64.6 Å². The van der Waals surface area contributed by atoms with Crippen LogP contribution in [0.5, 0.6) is 0 Å². The van der Waals surface area contributed by atoms with Gasteiger partial charge < -0.3 is 0 Å². The number of benzene rings is 1. The summed E-state index contributed by atoms with van der Waals surface area (Å²) >= 11 is 0. The molecule has 0 radical (unpaired) electrons. The fourth-order valence-corrected chi connectivity index (χ4v) is 1.38. The summed E-state index contributed by atoms with van der Waals surface area (Å²) in [5.74, 6) is 0. The van der Waals surface area contributed by atoms with Crippen LogP contribution < -0.4 is 5.56 Å². The highest BCUT2D eigenvalue weighted by Gasteiger charge is 1.97. The molecule has 1 heterocycles. The Kier molecular flexibility index (Phi) is 2.19. The second kappa shape index (κ2) is 3.50. The Morgan fingerprint density at radius 2 is 1.79 bits per heavy atom. The normalized spacial score (nSPS) is 10.1. The molecule has 0 amide bonds. The highest BCUT2D eigenvalue weighted by atomic mass is 16.1. The highest BCUT2D eigenvalue weighted by molar-refractivity contribution is 5.32. The van der Waals surface area contributed by atoms with E-state index >= 15 is 0 Å². The molecule has 0 unspecified atom stereocenters. The molecule has 0 fully saturated rings. The van der Waals surface area contributed by atoms with Crippen LogP contribution in [0.3, 0.4) is 0 Å². The van der Waals surface area contributed by atoms with Gasteiger partial charge in [0.15, 0.2) is 0 Å². The maximum absolute atomic E-state index is 11.6. The lowest BCUT2D eigenvalue weighted by molar-refractivity contribution is 0.982. The largest absolute Gasteiger partial charge is 0.284 e. The number of pyridine rings is 1. The summed E-state index contributed by atoms with van der Waals surface area (Å²) in [5, 5.41) is 0. The van der Waals surface area contributed by atoms with Crippen molar-refractivity contribution in [2.24, 2.45) is 0 Å². The van der Waals surface area contributed by atoms with E-state index in [0.29, 0.717) is 0 Å². The van der Waals surface area contributed by atoms with Crippen LogP contribution in [0.15, 0.2) is 53.5 Å². The average Bonchev–Trinajstić information content (AvgIpc) is 2.19. The molecule has 0 atom stereocenters. The number of para-hydroxylation sites is 1. The Hall–Kier alpha value is -1.83. The van der Waals surface area contributed by atoms with E-state index in [4.69, 9.17) is 0 Å². The molecule has 0 saturated heterocycles. The Bertz CT molecular complexity index is 485. The predicted molar refractivity (Wildman–Crippen MR) is 56.8 cm³/mol. The van der Waals surface area contributed by atoms with Crippen molar-refractivity contribution in [3.63, 3.8) is 0 Å². The fourth-order valence-electron chi connectivity index (χ4n) is 1.38. The molecule has 0 saturated carbocycles. The first-order chi connectivity index (χ1) is 6.77. The molecule has 2 aromatic rings. The van der Waals surface area contributed by atoms with Crippen molar-refractivity contribution in [1.82, 2.24) is 4.57 Å². The topological polar surface area (TPSA) is 22.0 Å². The van der Waals surface area contributed by atoms with Gasteiger partial charge in [-0.1, -0.05) is 18.2 Å². The van der Waals surface area contributed by atoms with Crippen LogP contribution in [0.1, 0.15) is 5.56 Å². The molecule has 70 valence electrons. The molecule has 0 spiro atoms. The molecule has 1 aromatic carbocycles. The van der Waals surface area contributed by atoms with E-state index in [9.17, 15) is 4.79 Å². The summed E-state index contributed by atoms with van der Waals surface area (Å²) in [4.78, 5) is 11.6. The third-order valence-corrected chi connectivity index (χ3v) is 2.11. The van der Waals surface area contributed by atoms with Gasteiger partial charge in [-0.2, -0.15) is 0 Å². The number of rotatable bonds is 1. The molecule has 1 aromatic heterocycles. The van der Waals surface area contributed by atoms with Crippen LogP contribution in [-0.2, 0) is 0 Å². The zero-order valence-corrected chi connectivity index (χ0v) is 7.97. The van der Waals surface area contributed by atoms with Crippen molar-refractivity contribution in [3.8, 4) is 5.69 Å². The Morgan fingerprint density at radius 3 is 2.43 bits per heavy atom. The molecule has 0 aliphatic heterocycles. The third-order valence-electron chi connectivity index (χ3n) is 2.11. The van der Waals surface area contributed by atoms with Crippen LogP contribution in [0.25, 0.3) is 5.69 Å². The second-order valence-corrected chi connectivity index (χ2v) is 3.25. The van der Waals surface area contributed by atoms with Crippen molar-refractivity contribution >= 4 is 0 Å². The molecule has 14 heavy (non-hydrogen) atoms. The molecule has 0 aliphatic carbocycles. The van der Waals surface area contributed by atoms with Gasteiger partial charge in [0, 0.05) is 18.0 Å². The molecular formula is C12H11NO. The van der Waals surface area contributed by atoms with Crippen molar-refractivity contribution < 1.29 is 0 Å². The van der Waals surface area contributed by atoms with Gasteiger partial charge in [0.2, 0.25) is 0 Å². The highest BCUT2D eigenvalue weighted by Crippen LogP contribution is 2.03. The minimum atomic E-state index is 0.0104. The Labute approximate surface area is 82.4 Å². The predicted octanol–water partition coefficient (Wildman–Crippen LogP) is 2.15. The minimum Gasteiger partial charge on any atom is -0.284 e. The summed E-state index contributed by atoms with van der Waals surface area (Å²) < 4.78 is 1.63. The van der Waals surface area contributed by atoms with Gasteiger partial charge in [-0.3, -0.25) is 9.36 Å². The van der Waals surface area contributed by atoms with E-state index < -0.39 is 0 Å². The molecule has 2 heteroatoms. The smallest absolute Gasteiger partial charge is 0.255 e. The molecule has 2 rings (SSSR count). The monoisotopic (exact) mass is 185 g/mol. The van der Waals surface area contributed by atoms with Crippen molar-refractivity contribution in [2.45, 2.75) is 6.92 Å². The number of nitrogens with zero attached hydrogens (tertiary/aromatic N) is 1. The maximum atomic E-state index is 11.6. The van der Waals surface area contributed by atoms with Gasteiger partial charge in [-0.25, -0.2) is 0 Å². The van der Waals surface area contributed by atoms with E-state index in [1.807, 2.05) is 43.3 Å². The first-order valence-electron chi connectivity index (χ1n) is 4.52. The molecule has 0 N–H and O–H groups in total. The molecule has 0 bridgehead atoms. The molecular weight excluding hydrogens is 174 g/mol. The van der Waals surface area contributed by atoms with E-state index in [1.165, 1.54) is 0 Å². The number of hydrogen-bond donors (Lipinski definition) is 0. The number of aromatic nitrogens is 1. The van der Waals surface area contributed by atoms with Crippen LogP contribution in [-0.4, -0.2) is 4.57 Å². The summed E-state index contributed by atoms with van der Waals surface area (Å²) in [6.45, 7) is 1.91. The number of aryl methyl sites for hydroxylation is 1. The van der Waals surface area contributed by atoms with E-state index in [1.54, 1.807) is 16.8 Å². The standard InChI is InChI=1S/C12H11NO/c1-10-7-8-13(12(14)9-10)11-5-3-2-4-6-11/h2-9H,1H3. The summed E-state index contributed by atoms with van der Waals surface area (Å²) in [7, 11) is 0. The van der Waals surface area contributed by atoms with Gasteiger partial charge in [0.25, 0.3) is 5.56 Å². The van der Waals surface area contributed by atoms with Gasteiger partial charge in [-0.15, -0.1) is 0 Å². The lowest BCUT2D eigenvalue weighted by Crippen LogP contribution is -2.16. The van der Waals surface area contributed by atoms with Gasteiger partial charge in [0.1, 0.15) is 0 Å². The van der Waals surface area contributed by atoms with Crippen molar-refractivity contribution in [1.29, 1.82) is 0 Å². The molecule has 0 aliphatic rings. The van der Waals surface area contributed by atoms with Gasteiger partial charge in [-0.05, 0) is 30.7 Å². The summed E-state index contributed by atoms with van der Waals surface area (Å²) in [6.07, 6.45) is 1.80. The maximum Gasteiger partial charge on any atom is 0.255 e. The molecule has 2 nitrogen and oxygen atoms in total. The first kappa shape index (κ1) is 8.75. The fraction of sp³-hybridized carbons (Fsp3) is 0.0833. The van der Waals surface area contributed by atoms with Gasteiger partial charge >= 0.3 is 0 Å². The van der Waals surface area contributed by atoms with E-state index in [2.05, 4.69) is 0 Å². The lowest BCUT2D eigenvalue weighted by atomic mass is 10.2. The second-order valence-electron chi connectivity index (χ2n) is 3.25. The summed E-state index contributed by atoms with van der Waals surface area (Å²) in [6, 6.07) is 13.2. The lowest BCUT2D eigenvalue weighted by Gasteiger charge is -2.04. The minimum absolute atomic E-state index is 0.0104. The van der Waals surface area contributed by atoms with Crippen LogP contribution in [0.4, 0.5) is 0 Å². The van der Waals surface area contributed by atoms with Gasteiger partial charge in [0.05, 0.1) is 0 Å². The third kappa shape index (κ3) is 1.59. The quantitative estimate of drug-likeness (QED) is 0.667. The summed E-state index contributed by atoms with van der Waals surface area (Å²) in [5.41, 5.74) is 1.90. The average molecular weight is 185 g/mol. The zero-order valence-electron chi connectivity index (χ0n) is 7.97.